The number of nitrogens with one attached hydrogen (secondary N) is 1. The molecule has 0 bridgehead atoms. The van der Waals surface area contributed by atoms with Crippen LogP contribution in [0.3, 0.4) is 0 Å². The van der Waals surface area contributed by atoms with Gasteiger partial charge in [0.15, 0.2) is 5.78 Å². The monoisotopic (exact) mass is 451 g/mol. The maximum absolute atomic E-state index is 13.4. The molecule has 0 fully saturated rings. The number of ketones is 1. The molecule has 158 valence electrons. The predicted octanol–water partition coefficient (Wildman–Crippen LogP) is 6.69. The Morgan fingerprint density at radius 3 is 2.55 bits per heavy atom. The number of hydrogen-bond donors (Lipinski definition) is 1. The van der Waals surface area contributed by atoms with Crippen LogP contribution in [-0.2, 0) is 4.79 Å². The zero-order valence-electron chi connectivity index (χ0n) is 17.7. The number of nitrogens with zero attached hydrogens (tertiary/aromatic N) is 2. The number of aromatic nitrogens is 2. The summed E-state index contributed by atoms with van der Waals surface area (Å²) in [7, 11) is 0. The molecule has 1 unspecified atom stereocenters. The SMILES string of the molecule is Cc1nn(-c2ccccc2)c2c1C(c1ccc(Cl)cc1Cl)C1=C(CC(C)(C)CC1=O)N2. The van der Waals surface area contributed by atoms with Crippen LogP contribution < -0.4 is 5.32 Å². The molecule has 6 heteroatoms. The highest BCUT2D eigenvalue weighted by atomic mass is 35.5. The second-order valence-corrected chi connectivity index (χ2v) is 10.00. The van der Waals surface area contributed by atoms with E-state index in [1.54, 1.807) is 6.07 Å². The van der Waals surface area contributed by atoms with E-state index >= 15 is 0 Å². The number of anilines is 1. The average Bonchev–Trinajstić information content (AvgIpc) is 3.03. The van der Waals surface area contributed by atoms with Crippen LogP contribution in [0.5, 0.6) is 0 Å². The molecule has 5 rings (SSSR count). The standard InChI is InChI=1S/C25H23Cl2N3O/c1-14-21-22(17-10-9-15(26)11-18(17)27)23-19(12-25(2,3)13-20(23)31)28-24(21)30(29-14)16-7-5-4-6-8-16/h4-11,22,28H,12-13H2,1-3H3. The summed E-state index contributed by atoms with van der Waals surface area (Å²) in [5.74, 6) is 0.772. The number of fused-ring (bicyclic) bond motifs is 1. The smallest absolute Gasteiger partial charge is 0.162 e. The summed E-state index contributed by atoms with van der Waals surface area (Å²) in [6.45, 7) is 6.26. The molecule has 4 nitrogen and oxygen atoms in total. The van der Waals surface area contributed by atoms with E-state index in [2.05, 4.69) is 19.2 Å². The van der Waals surface area contributed by atoms with Gasteiger partial charge in [-0.25, -0.2) is 4.68 Å². The summed E-state index contributed by atoms with van der Waals surface area (Å²) in [6, 6.07) is 15.5. The number of carbonyl (C=O) groups excluding carboxylic acids is 1. The lowest BCUT2D eigenvalue weighted by Crippen LogP contribution is -2.34. The summed E-state index contributed by atoms with van der Waals surface area (Å²) in [5, 5.41) is 9.58. The van der Waals surface area contributed by atoms with Crippen LogP contribution in [0.2, 0.25) is 10.0 Å². The molecule has 0 saturated heterocycles. The van der Waals surface area contributed by atoms with Gasteiger partial charge in [-0.2, -0.15) is 5.10 Å². The van der Waals surface area contributed by atoms with E-state index in [4.69, 9.17) is 28.3 Å². The lowest BCUT2D eigenvalue weighted by atomic mass is 9.69. The lowest BCUT2D eigenvalue weighted by Gasteiger charge is -2.39. The van der Waals surface area contributed by atoms with Crippen molar-refractivity contribution in [1.82, 2.24) is 9.78 Å². The third-order valence-electron chi connectivity index (χ3n) is 6.15. The number of carbonyl (C=O) groups is 1. The van der Waals surface area contributed by atoms with Crippen molar-refractivity contribution >= 4 is 34.8 Å². The number of benzene rings is 2. The van der Waals surface area contributed by atoms with Crippen molar-refractivity contribution in [2.75, 3.05) is 5.32 Å². The first-order valence-electron chi connectivity index (χ1n) is 10.4. The summed E-state index contributed by atoms with van der Waals surface area (Å²) in [6.07, 6.45) is 1.30. The normalized spacial score (nSPS) is 19.6. The van der Waals surface area contributed by atoms with Crippen LogP contribution in [0.25, 0.3) is 5.69 Å². The van der Waals surface area contributed by atoms with Gasteiger partial charge in [0.2, 0.25) is 0 Å². The summed E-state index contributed by atoms with van der Waals surface area (Å²) >= 11 is 12.9. The highest BCUT2D eigenvalue weighted by Crippen LogP contribution is 2.51. The number of hydrogen-bond acceptors (Lipinski definition) is 3. The molecule has 2 aromatic carbocycles. The number of allylic oxidation sites excluding steroid dienone is 2. The minimum atomic E-state index is -0.280. The number of rotatable bonds is 2. The molecule has 2 heterocycles. The van der Waals surface area contributed by atoms with Crippen LogP contribution >= 0.6 is 23.2 Å². The molecule has 0 amide bonds. The molecule has 3 aromatic rings. The van der Waals surface area contributed by atoms with Gasteiger partial charge < -0.3 is 5.32 Å². The Morgan fingerprint density at radius 2 is 1.84 bits per heavy atom. The summed E-state index contributed by atoms with van der Waals surface area (Å²) in [5.41, 5.74) is 5.34. The van der Waals surface area contributed by atoms with E-state index in [-0.39, 0.29) is 17.1 Å². The minimum absolute atomic E-state index is 0.110. The van der Waals surface area contributed by atoms with Crippen LogP contribution in [0.1, 0.15) is 49.4 Å². The third kappa shape index (κ3) is 3.38. The summed E-state index contributed by atoms with van der Waals surface area (Å²) < 4.78 is 1.93. The van der Waals surface area contributed by atoms with Gasteiger partial charge in [0, 0.05) is 39.2 Å². The van der Waals surface area contributed by atoms with E-state index in [0.717, 1.165) is 46.0 Å². The Bertz CT molecular complexity index is 1240. The quantitative estimate of drug-likeness (QED) is 0.471. The van der Waals surface area contributed by atoms with E-state index in [9.17, 15) is 4.79 Å². The van der Waals surface area contributed by atoms with Gasteiger partial charge in [-0.15, -0.1) is 0 Å². The Morgan fingerprint density at radius 1 is 1.10 bits per heavy atom. The van der Waals surface area contributed by atoms with Crippen LogP contribution in [-0.4, -0.2) is 15.6 Å². The Labute approximate surface area is 191 Å². The molecule has 0 spiro atoms. The Kier molecular flexibility index (Phi) is 4.76. The zero-order valence-corrected chi connectivity index (χ0v) is 19.2. The van der Waals surface area contributed by atoms with Gasteiger partial charge in [-0.05, 0) is 48.6 Å². The minimum Gasteiger partial charge on any atom is -0.343 e. The maximum atomic E-state index is 13.4. The van der Waals surface area contributed by atoms with Gasteiger partial charge in [0.25, 0.3) is 0 Å². The van der Waals surface area contributed by atoms with E-state index in [0.29, 0.717) is 16.5 Å². The first-order chi connectivity index (χ1) is 14.7. The molecule has 1 N–H and O–H groups in total. The highest BCUT2D eigenvalue weighted by molar-refractivity contribution is 6.35. The highest BCUT2D eigenvalue weighted by Gasteiger charge is 2.43. The van der Waals surface area contributed by atoms with Crippen molar-refractivity contribution < 1.29 is 4.79 Å². The van der Waals surface area contributed by atoms with Crippen molar-refractivity contribution in [2.45, 2.75) is 39.5 Å². The molecule has 1 aliphatic carbocycles. The predicted molar refractivity (Wildman–Crippen MR) is 125 cm³/mol. The van der Waals surface area contributed by atoms with Gasteiger partial charge in [-0.1, -0.05) is 61.3 Å². The fraction of sp³-hybridized carbons (Fsp3) is 0.280. The van der Waals surface area contributed by atoms with Crippen LogP contribution in [0.4, 0.5) is 5.82 Å². The fourth-order valence-electron chi connectivity index (χ4n) is 4.88. The largest absolute Gasteiger partial charge is 0.343 e. The van der Waals surface area contributed by atoms with Crippen molar-refractivity contribution in [2.24, 2.45) is 5.41 Å². The zero-order chi connectivity index (χ0) is 21.9. The first-order valence-corrected chi connectivity index (χ1v) is 11.1. The number of Topliss-reactive ketones (excluding diaryl/α,β-unsaturated/α-hetero) is 1. The molecule has 1 atom stereocenters. The second kappa shape index (κ2) is 7.25. The average molecular weight is 452 g/mol. The topological polar surface area (TPSA) is 46.9 Å². The Balaban J connectivity index is 1.78. The number of aryl methyl sites for hydroxylation is 1. The van der Waals surface area contributed by atoms with E-state index in [1.807, 2.05) is 54.1 Å². The molecule has 0 saturated carbocycles. The molecular weight excluding hydrogens is 429 g/mol. The van der Waals surface area contributed by atoms with Crippen LogP contribution in [0.15, 0.2) is 59.8 Å². The molecular formula is C25H23Cl2N3O. The lowest BCUT2D eigenvalue weighted by molar-refractivity contribution is -0.118. The van der Waals surface area contributed by atoms with E-state index in [1.165, 1.54) is 0 Å². The van der Waals surface area contributed by atoms with Crippen molar-refractivity contribution in [3.8, 4) is 5.69 Å². The molecule has 1 aliphatic heterocycles. The van der Waals surface area contributed by atoms with E-state index < -0.39 is 0 Å². The van der Waals surface area contributed by atoms with Crippen molar-refractivity contribution in [3.05, 3.63) is 86.7 Å². The van der Waals surface area contributed by atoms with Crippen molar-refractivity contribution in [1.29, 1.82) is 0 Å². The molecule has 1 aromatic heterocycles. The first kappa shape index (κ1) is 20.3. The fourth-order valence-corrected chi connectivity index (χ4v) is 5.39. The third-order valence-corrected chi connectivity index (χ3v) is 6.71. The van der Waals surface area contributed by atoms with Crippen LogP contribution in [0, 0.1) is 12.3 Å². The second-order valence-electron chi connectivity index (χ2n) is 9.15. The van der Waals surface area contributed by atoms with Crippen molar-refractivity contribution in [3.63, 3.8) is 0 Å². The van der Waals surface area contributed by atoms with Gasteiger partial charge in [0.1, 0.15) is 5.82 Å². The Hall–Kier alpha value is -2.56. The molecule has 31 heavy (non-hydrogen) atoms. The molecule has 0 radical (unpaired) electrons. The molecule has 2 aliphatic rings. The maximum Gasteiger partial charge on any atom is 0.162 e. The van der Waals surface area contributed by atoms with Gasteiger partial charge in [-0.3, -0.25) is 4.79 Å². The number of halogens is 2. The van der Waals surface area contributed by atoms with Gasteiger partial charge >= 0.3 is 0 Å². The van der Waals surface area contributed by atoms with Gasteiger partial charge in [0.05, 0.1) is 11.4 Å². The summed E-state index contributed by atoms with van der Waals surface area (Å²) in [4.78, 5) is 13.4. The number of para-hydroxylation sites is 1.